The van der Waals surface area contributed by atoms with E-state index in [0.717, 1.165) is 25.7 Å². The Morgan fingerprint density at radius 1 is 0.586 bits per heavy atom. The quantitative estimate of drug-likeness (QED) is 0.0581. The fourth-order valence-electron chi connectivity index (χ4n) is 12.5. The number of carboxylic acids is 1. The van der Waals surface area contributed by atoms with Gasteiger partial charge in [-0.05, 0) is 124 Å². The van der Waals surface area contributed by atoms with Crippen LogP contribution in [-0.4, -0.2) is 190 Å². The van der Waals surface area contributed by atoms with Gasteiger partial charge in [0.15, 0.2) is 0 Å². The van der Waals surface area contributed by atoms with Crippen molar-refractivity contribution in [1.82, 2.24) is 45.8 Å². The SMILES string of the molecule is C=CC1CC1(NC(=O)[C@@H]1C[C@@H](N)CN1C(=O)[C@@H](NC(=O)CC1CC1)C(C)(C)C)C(=O)NS(=O)(=O)C1CC1.C=CC1CC1(NC(=O)[C@@H]1C[C@@H](NC(=O)c2c(OC)cccc2OC)CN1C(=O)[C@@H](NC(=O)CC1CC1)C(C)(C)C)C(=O)NS(=O)(=O)C1CC1.COc1cccc(OC)c1C(=O)O. The molecule has 10 rings (SSSR count). The van der Waals surface area contributed by atoms with Gasteiger partial charge in [-0.1, -0.05) is 65.8 Å². The molecule has 0 bridgehead atoms. The number of ether oxygens (including phenoxy) is 4. The van der Waals surface area contributed by atoms with Crippen molar-refractivity contribution in [3.63, 3.8) is 0 Å². The number of rotatable bonds is 27. The van der Waals surface area contributed by atoms with Gasteiger partial charge in [0.2, 0.25) is 55.5 Å². The molecule has 0 radical (unpaired) electrons. The molecular formula is C68H96N10O19S2. The molecule has 0 aromatic heterocycles. The number of benzene rings is 2. The van der Waals surface area contributed by atoms with E-state index in [2.05, 4.69) is 49.2 Å². The lowest BCUT2D eigenvalue weighted by Crippen LogP contribution is -2.60. The van der Waals surface area contributed by atoms with Crippen molar-refractivity contribution in [3.05, 3.63) is 72.8 Å². The van der Waals surface area contributed by atoms with Crippen molar-refractivity contribution in [2.45, 2.75) is 189 Å². The number of nitrogens with one attached hydrogen (secondary N) is 7. The maximum absolute atomic E-state index is 14.4. The van der Waals surface area contributed by atoms with Crippen LogP contribution in [0.2, 0.25) is 0 Å². The van der Waals surface area contributed by atoms with Crippen molar-refractivity contribution in [2.24, 2.45) is 40.2 Å². The molecule has 31 heteroatoms. The summed E-state index contributed by atoms with van der Waals surface area (Å²) in [5.41, 5.74) is 1.97. The molecule has 544 valence electrons. The summed E-state index contributed by atoms with van der Waals surface area (Å²) in [4.78, 5) is 135. The number of nitrogens with two attached hydrogens (primary N) is 1. The monoisotopic (exact) mass is 1420 g/mol. The predicted molar refractivity (Wildman–Crippen MR) is 361 cm³/mol. The molecule has 4 unspecified atom stereocenters. The van der Waals surface area contributed by atoms with Gasteiger partial charge in [-0.25, -0.2) is 21.6 Å². The second-order valence-electron chi connectivity index (χ2n) is 29.2. The third-order valence-corrected chi connectivity index (χ3v) is 22.8. The smallest absolute Gasteiger partial charge is 0.343 e. The summed E-state index contributed by atoms with van der Waals surface area (Å²) in [6, 6.07) is 4.54. The van der Waals surface area contributed by atoms with E-state index in [1.807, 2.05) is 41.5 Å². The number of aromatic carboxylic acids is 1. The van der Waals surface area contributed by atoms with Gasteiger partial charge >= 0.3 is 5.97 Å². The van der Waals surface area contributed by atoms with Crippen molar-refractivity contribution in [1.29, 1.82) is 0 Å². The molecule has 2 heterocycles. The maximum atomic E-state index is 14.4. The van der Waals surface area contributed by atoms with Gasteiger partial charge in [0.25, 0.3) is 17.7 Å². The van der Waals surface area contributed by atoms with Gasteiger partial charge in [0, 0.05) is 49.9 Å². The minimum absolute atomic E-state index is 0.0233. The maximum Gasteiger partial charge on any atom is 0.343 e. The molecule has 10 atom stereocenters. The Morgan fingerprint density at radius 2 is 0.949 bits per heavy atom. The fourth-order valence-corrected chi connectivity index (χ4v) is 15.2. The van der Waals surface area contributed by atoms with Crippen LogP contribution in [-0.2, 0) is 58.4 Å². The lowest BCUT2D eigenvalue weighted by Gasteiger charge is -2.35. The van der Waals surface area contributed by atoms with E-state index in [9.17, 15) is 64.8 Å². The average Bonchev–Trinajstić information content (AvgIpc) is 1.58. The summed E-state index contributed by atoms with van der Waals surface area (Å²) in [5, 5.41) is 21.8. The van der Waals surface area contributed by atoms with Crippen LogP contribution in [0.1, 0.15) is 152 Å². The van der Waals surface area contributed by atoms with Crippen LogP contribution in [0.4, 0.5) is 0 Å². The number of hydrogen-bond donors (Lipinski definition) is 9. The van der Waals surface area contributed by atoms with E-state index in [1.54, 1.807) is 36.4 Å². The van der Waals surface area contributed by atoms with Crippen LogP contribution in [0.25, 0.3) is 0 Å². The first-order chi connectivity index (χ1) is 46.4. The van der Waals surface area contributed by atoms with Crippen LogP contribution >= 0.6 is 0 Å². The summed E-state index contributed by atoms with van der Waals surface area (Å²) in [5.74, 6) is -5.12. The first kappa shape index (κ1) is 76.4. The average molecular weight is 1420 g/mol. The van der Waals surface area contributed by atoms with Crippen LogP contribution in [0, 0.1) is 34.5 Å². The van der Waals surface area contributed by atoms with Gasteiger partial charge < -0.3 is 66.2 Å². The summed E-state index contributed by atoms with van der Waals surface area (Å²) < 4.78 is 74.8. The summed E-state index contributed by atoms with van der Waals surface area (Å²) >= 11 is 0. The number of nitrogens with zero attached hydrogens (tertiary/aromatic N) is 2. The molecule has 2 aromatic rings. The largest absolute Gasteiger partial charge is 0.496 e. The second-order valence-corrected chi connectivity index (χ2v) is 33.1. The zero-order valence-corrected chi connectivity index (χ0v) is 59.5. The molecular weight excluding hydrogens is 1320 g/mol. The number of methoxy groups -OCH3 is 4. The molecule has 2 aliphatic heterocycles. The molecule has 9 amide bonds. The standard InChI is InChI=1S/C34H47N5O9S.C25H39N5O6S.C9H10O4/c1-7-20-17-34(20,32(44)38-49(45,46)22-13-14-22)37-29(41)23-16-21(35-30(42)27-24(47-5)9-8-10-25(27)48-6)18-39(23)31(43)28(33(2,3)4)36-26(40)15-19-11-12-19;1-5-15-12-25(15,23(34)29-37(35,36)17-8-9-17)28-21(32)18-11-16(26)13-30(18)22(33)20(24(2,3)4)27-19(31)10-14-6-7-14;1-12-6-4-3-5-7(13-2)8(6)9(10)11/h7-10,19-23,28H,1,11-18H2,2-6H3,(H,35,42)(H,36,40)(H,37,41)(H,38,44);5,14-18,20H,1,6-13,26H2,2-4H3,(H,27,31)(H,28,32)(H,29,34);3-5H,1-2H3,(H,10,11)/t20?,21-,23+,28-,34?;15?,16-,18+,20-,25?;/m11./s1. The Morgan fingerprint density at radius 3 is 1.27 bits per heavy atom. The van der Waals surface area contributed by atoms with Gasteiger partial charge in [-0.2, -0.15) is 0 Å². The number of amides is 9. The van der Waals surface area contributed by atoms with Gasteiger partial charge in [-0.3, -0.25) is 52.6 Å². The number of carbonyl (C=O) groups excluding carboxylic acids is 9. The lowest BCUT2D eigenvalue weighted by atomic mass is 9.85. The number of sulfonamides is 2. The molecule has 6 aliphatic carbocycles. The van der Waals surface area contributed by atoms with Crippen molar-refractivity contribution >= 4 is 79.2 Å². The van der Waals surface area contributed by atoms with E-state index in [-0.39, 0.29) is 79.1 Å². The molecule has 2 saturated heterocycles. The van der Waals surface area contributed by atoms with Crippen LogP contribution < -0.4 is 60.7 Å². The normalized spacial score (nSPS) is 25.1. The first-order valence-corrected chi connectivity index (χ1v) is 36.4. The van der Waals surface area contributed by atoms with E-state index >= 15 is 0 Å². The fraction of sp³-hybridized carbons (Fsp3) is 0.618. The summed E-state index contributed by atoms with van der Waals surface area (Å²) in [6.45, 7) is 18.5. The minimum atomic E-state index is -3.90. The van der Waals surface area contributed by atoms with Crippen molar-refractivity contribution in [3.8, 4) is 23.0 Å². The Labute approximate surface area is 578 Å². The van der Waals surface area contributed by atoms with Crippen LogP contribution in [0.3, 0.4) is 0 Å². The van der Waals surface area contributed by atoms with E-state index < -0.39 is 148 Å². The third kappa shape index (κ3) is 18.4. The second kappa shape index (κ2) is 30.3. The van der Waals surface area contributed by atoms with Gasteiger partial charge in [0.1, 0.15) is 69.4 Å². The molecule has 8 fully saturated rings. The van der Waals surface area contributed by atoms with Crippen molar-refractivity contribution in [2.75, 3.05) is 41.5 Å². The van der Waals surface area contributed by atoms with Gasteiger partial charge in [-0.15, -0.1) is 13.2 Å². The van der Waals surface area contributed by atoms with E-state index in [1.165, 1.54) is 50.4 Å². The minimum Gasteiger partial charge on any atom is -0.496 e. The zero-order valence-electron chi connectivity index (χ0n) is 57.9. The van der Waals surface area contributed by atoms with Gasteiger partial charge in [0.05, 0.1) is 38.9 Å². The Kier molecular flexibility index (Phi) is 23.4. The number of likely N-dealkylation sites (tertiary alicyclic amines) is 2. The topological polar surface area (TPSA) is 413 Å². The van der Waals surface area contributed by atoms with E-state index in [0.29, 0.717) is 55.9 Å². The molecule has 99 heavy (non-hydrogen) atoms. The van der Waals surface area contributed by atoms with Crippen molar-refractivity contribution < 1.29 is 88.8 Å². The molecule has 2 aromatic carbocycles. The Bertz CT molecular complexity index is 3680. The molecule has 10 N–H and O–H groups in total. The predicted octanol–water partition coefficient (Wildman–Crippen LogP) is 2.72. The Hall–Kier alpha value is -8.32. The number of carboxylic acid groups (broad SMARTS) is 1. The number of hydrogen-bond acceptors (Lipinski definition) is 19. The zero-order chi connectivity index (χ0) is 73.1. The van der Waals surface area contributed by atoms with Crippen LogP contribution in [0.15, 0.2) is 61.7 Å². The van der Waals surface area contributed by atoms with E-state index in [4.69, 9.17) is 29.8 Å². The number of carbonyl (C=O) groups is 10. The highest BCUT2D eigenvalue weighted by Gasteiger charge is 2.63. The highest BCUT2D eigenvalue weighted by molar-refractivity contribution is 7.91. The first-order valence-electron chi connectivity index (χ1n) is 33.3. The third-order valence-electron chi connectivity index (χ3n) is 19.1. The highest BCUT2D eigenvalue weighted by Crippen LogP contribution is 2.47. The molecule has 8 aliphatic rings. The Balaban J connectivity index is 0.000000219. The molecule has 6 saturated carbocycles. The summed E-state index contributed by atoms with van der Waals surface area (Å²) in [7, 11) is -2.03. The lowest BCUT2D eigenvalue weighted by molar-refractivity contribution is -0.144. The summed E-state index contributed by atoms with van der Waals surface area (Å²) in [6.07, 6.45) is 9.98. The highest BCUT2D eigenvalue weighted by atomic mass is 32.2. The molecule has 29 nitrogen and oxygen atoms in total. The molecule has 0 spiro atoms. The van der Waals surface area contributed by atoms with Crippen LogP contribution in [0.5, 0.6) is 23.0 Å².